The average Bonchev–Trinajstić information content (AvgIpc) is 2.77. The predicted octanol–water partition coefficient (Wildman–Crippen LogP) is 1.17. The molecule has 2 N–H and O–H groups in total. The van der Waals surface area contributed by atoms with Gasteiger partial charge in [-0.05, 0) is 25.1 Å². The monoisotopic (exact) mass is 233 g/mol. The van der Waals surface area contributed by atoms with E-state index in [-0.39, 0.29) is 5.97 Å². The second-order valence-corrected chi connectivity index (χ2v) is 3.78. The number of esters is 1. The number of hydrogen-bond donors (Lipinski definition) is 1. The van der Waals surface area contributed by atoms with Crippen LogP contribution in [0, 0.1) is 0 Å². The van der Waals surface area contributed by atoms with Crippen LogP contribution in [0.1, 0.15) is 16.8 Å². The van der Waals surface area contributed by atoms with Crippen LogP contribution in [0.4, 0.5) is 0 Å². The molecule has 2 aromatic rings. The van der Waals surface area contributed by atoms with Crippen molar-refractivity contribution in [2.75, 3.05) is 13.7 Å². The summed E-state index contributed by atoms with van der Waals surface area (Å²) in [6.45, 7) is 1.38. The zero-order chi connectivity index (χ0) is 12.3. The number of ether oxygens (including phenoxy) is 1. The van der Waals surface area contributed by atoms with Crippen molar-refractivity contribution in [3.63, 3.8) is 0 Å². The largest absolute Gasteiger partial charge is 0.465 e. The lowest BCUT2D eigenvalue weighted by molar-refractivity contribution is 0.0601. The van der Waals surface area contributed by atoms with Crippen LogP contribution in [0.25, 0.3) is 10.9 Å². The minimum absolute atomic E-state index is 0.335. The van der Waals surface area contributed by atoms with Gasteiger partial charge in [-0.25, -0.2) is 4.79 Å². The van der Waals surface area contributed by atoms with Gasteiger partial charge < -0.3 is 10.5 Å². The first-order valence-corrected chi connectivity index (χ1v) is 5.50. The lowest BCUT2D eigenvalue weighted by atomic mass is 10.1. The molecule has 1 heterocycles. The summed E-state index contributed by atoms with van der Waals surface area (Å²) in [6, 6.07) is 5.40. The van der Waals surface area contributed by atoms with Gasteiger partial charge in [-0.2, -0.15) is 5.10 Å². The van der Waals surface area contributed by atoms with Crippen LogP contribution in [-0.4, -0.2) is 29.4 Å². The Balaban J connectivity index is 2.39. The predicted molar refractivity (Wildman–Crippen MR) is 64.7 cm³/mol. The summed E-state index contributed by atoms with van der Waals surface area (Å²) < 4.78 is 6.55. The molecule has 17 heavy (non-hydrogen) atoms. The van der Waals surface area contributed by atoms with Crippen molar-refractivity contribution in [1.82, 2.24) is 9.78 Å². The summed E-state index contributed by atoms with van der Waals surface area (Å²) >= 11 is 0. The Morgan fingerprint density at radius 2 is 2.35 bits per heavy atom. The number of rotatable bonds is 4. The first-order valence-electron chi connectivity index (χ1n) is 5.50. The molecule has 90 valence electrons. The maximum atomic E-state index is 11.4. The number of carbonyl (C=O) groups is 1. The van der Waals surface area contributed by atoms with E-state index in [1.54, 1.807) is 18.3 Å². The van der Waals surface area contributed by atoms with Gasteiger partial charge in [0.15, 0.2) is 0 Å². The van der Waals surface area contributed by atoms with E-state index in [2.05, 4.69) is 5.10 Å². The van der Waals surface area contributed by atoms with Gasteiger partial charge in [0, 0.05) is 11.9 Å². The topological polar surface area (TPSA) is 70.1 Å². The minimum atomic E-state index is -0.335. The molecular weight excluding hydrogens is 218 g/mol. The molecule has 0 unspecified atom stereocenters. The molecule has 0 aliphatic heterocycles. The molecule has 0 atom stereocenters. The van der Waals surface area contributed by atoms with Gasteiger partial charge in [0.05, 0.1) is 24.4 Å². The van der Waals surface area contributed by atoms with Gasteiger partial charge >= 0.3 is 5.97 Å². The van der Waals surface area contributed by atoms with Crippen LogP contribution in [0.5, 0.6) is 0 Å². The van der Waals surface area contributed by atoms with Crippen molar-refractivity contribution >= 4 is 16.9 Å². The molecule has 5 heteroatoms. The molecule has 0 saturated carbocycles. The number of fused-ring (bicyclic) bond motifs is 1. The highest BCUT2D eigenvalue weighted by atomic mass is 16.5. The highest BCUT2D eigenvalue weighted by Gasteiger charge is 2.08. The maximum Gasteiger partial charge on any atom is 0.337 e. The van der Waals surface area contributed by atoms with E-state index in [4.69, 9.17) is 10.5 Å². The third kappa shape index (κ3) is 2.29. The Bertz CT molecular complexity index is 534. The maximum absolute atomic E-state index is 11.4. The molecule has 0 saturated heterocycles. The second-order valence-electron chi connectivity index (χ2n) is 3.78. The third-order valence-corrected chi connectivity index (χ3v) is 2.64. The molecule has 1 aromatic carbocycles. The Kier molecular flexibility index (Phi) is 3.39. The molecule has 0 spiro atoms. The van der Waals surface area contributed by atoms with Crippen molar-refractivity contribution in [3.8, 4) is 0 Å². The standard InChI is InChI=1S/C12H15N3O2/c1-17-12(16)9-3-4-10-8-14-15(6-2-5-13)11(10)7-9/h3-4,7-8H,2,5-6,13H2,1H3. The quantitative estimate of drug-likeness (QED) is 0.805. The number of aryl methyl sites for hydroxylation is 1. The van der Waals surface area contributed by atoms with E-state index in [1.807, 2.05) is 10.7 Å². The van der Waals surface area contributed by atoms with Gasteiger partial charge in [-0.1, -0.05) is 6.07 Å². The number of hydrogen-bond acceptors (Lipinski definition) is 4. The number of methoxy groups -OCH3 is 1. The molecule has 0 amide bonds. The fourth-order valence-electron chi connectivity index (χ4n) is 1.73. The van der Waals surface area contributed by atoms with Gasteiger partial charge in [0.1, 0.15) is 0 Å². The van der Waals surface area contributed by atoms with Crippen molar-refractivity contribution < 1.29 is 9.53 Å². The number of benzene rings is 1. The van der Waals surface area contributed by atoms with Crippen molar-refractivity contribution in [3.05, 3.63) is 30.0 Å². The van der Waals surface area contributed by atoms with Crippen LogP contribution < -0.4 is 5.73 Å². The van der Waals surface area contributed by atoms with E-state index < -0.39 is 0 Å². The number of aromatic nitrogens is 2. The van der Waals surface area contributed by atoms with Crippen LogP contribution in [0.3, 0.4) is 0 Å². The Hall–Kier alpha value is -1.88. The van der Waals surface area contributed by atoms with Gasteiger partial charge in [-0.3, -0.25) is 4.68 Å². The van der Waals surface area contributed by atoms with Crippen molar-refractivity contribution in [2.45, 2.75) is 13.0 Å². The smallest absolute Gasteiger partial charge is 0.337 e. The molecule has 0 fully saturated rings. The molecule has 2 rings (SSSR count). The SMILES string of the molecule is COC(=O)c1ccc2cnn(CCCN)c2c1. The number of nitrogens with zero attached hydrogens (tertiary/aromatic N) is 2. The van der Waals surface area contributed by atoms with E-state index in [0.29, 0.717) is 12.1 Å². The highest BCUT2D eigenvalue weighted by Crippen LogP contribution is 2.16. The lowest BCUT2D eigenvalue weighted by Crippen LogP contribution is -2.07. The van der Waals surface area contributed by atoms with Crippen LogP contribution >= 0.6 is 0 Å². The van der Waals surface area contributed by atoms with Gasteiger partial charge in [0.25, 0.3) is 0 Å². The first kappa shape index (κ1) is 11.6. The van der Waals surface area contributed by atoms with E-state index in [9.17, 15) is 4.79 Å². The fourth-order valence-corrected chi connectivity index (χ4v) is 1.73. The molecule has 0 bridgehead atoms. The summed E-state index contributed by atoms with van der Waals surface area (Å²) in [6.07, 6.45) is 2.64. The molecule has 0 aliphatic rings. The molecule has 0 aliphatic carbocycles. The van der Waals surface area contributed by atoms with Gasteiger partial charge in [-0.15, -0.1) is 0 Å². The summed E-state index contributed by atoms with van der Waals surface area (Å²) in [4.78, 5) is 11.4. The van der Waals surface area contributed by atoms with Crippen LogP contribution in [0.2, 0.25) is 0 Å². The first-order chi connectivity index (χ1) is 8.26. The average molecular weight is 233 g/mol. The zero-order valence-electron chi connectivity index (χ0n) is 9.72. The highest BCUT2D eigenvalue weighted by molar-refractivity contribution is 5.94. The molecule has 0 radical (unpaired) electrons. The van der Waals surface area contributed by atoms with E-state index in [0.717, 1.165) is 23.9 Å². The van der Waals surface area contributed by atoms with Crippen molar-refractivity contribution in [2.24, 2.45) is 5.73 Å². The van der Waals surface area contributed by atoms with Crippen LogP contribution in [-0.2, 0) is 11.3 Å². The van der Waals surface area contributed by atoms with Crippen molar-refractivity contribution in [1.29, 1.82) is 0 Å². The summed E-state index contributed by atoms with van der Waals surface area (Å²) in [5.41, 5.74) is 6.94. The normalized spacial score (nSPS) is 10.7. The Morgan fingerprint density at radius 3 is 3.06 bits per heavy atom. The molecule has 5 nitrogen and oxygen atoms in total. The van der Waals surface area contributed by atoms with E-state index >= 15 is 0 Å². The Morgan fingerprint density at radius 1 is 1.53 bits per heavy atom. The fraction of sp³-hybridized carbons (Fsp3) is 0.333. The number of carbonyl (C=O) groups excluding carboxylic acids is 1. The molecule has 1 aromatic heterocycles. The summed E-state index contributed by atoms with van der Waals surface area (Å²) in [7, 11) is 1.37. The molecular formula is C12H15N3O2. The van der Waals surface area contributed by atoms with E-state index in [1.165, 1.54) is 7.11 Å². The van der Waals surface area contributed by atoms with Crippen LogP contribution in [0.15, 0.2) is 24.4 Å². The third-order valence-electron chi connectivity index (χ3n) is 2.64. The summed E-state index contributed by atoms with van der Waals surface area (Å²) in [5, 5.41) is 5.28. The summed E-state index contributed by atoms with van der Waals surface area (Å²) in [5.74, 6) is -0.335. The second kappa shape index (κ2) is 4.97. The minimum Gasteiger partial charge on any atom is -0.465 e. The zero-order valence-corrected chi connectivity index (χ0v) is 9.72. The number of nitrogens with two attached hydrogens (primary N) is 1. The Labute approximate surface area is 99.2 Å². The van der Waals surface area contributed by atoms with Gasteiger partial charge in [0.2, 0.25) is 0 Å². The lowest BCUT2D eigenvalue weighted by Gasteiger charge is -2.03.